The molecule has 1 amide bonds. The molecule has 25 heavy (non-hydrogen) atoms. The van der Waals surface area contributed by atoms with Gasteiger partial charge in [-0.15, -0.1) is 0 Å². The fraction of sp³-hybridized carbons (Fsp3) is 0.375. The Kier molecular flexibility index (Phi) is 5.24. The van der Waals surface area contributed by atoms with Crippen LogP contribution in [0, 0.1) is 13.8 Å². The molecule has 0 aliphatic heterocycles. The van der Waals surface area contributed by atoms with Crippen LogP contribution in [0.1, 0.15) is 28.7 Å². The van der Waals surface area contributed by atoms with Gasteiger partial charge in [0.05, 0.1) is 28.0 Å². The largest absolute Gasteiger partial charge is 0.449 e. The zero-order valence-electron chi connectivity index (χ0n) is 13.8. The maximum Gasteiger partial charge on any atom is 0.405 e. The van der Waals surface area contributed by atoms with Crippen LogP contribution < -0.4 is 5.32 Å². The average molecular weight is 355 g/mol. The van der Waals surface area contributed by atoms with Crippen molar-refractivity contribution in [1.29, 1.82) is 0 Å². The van der Waals surface area contributed by atoms with Crippen LogP contribution in [0.25, 0.3) is 11.0 Å². The van der Waals surface area contributed by atoms with E-state index in [2.05, 4.69) is 9.97 Å². The first-order chi connectivity index (χ1) is 11.6. The predicted molar refractivity (Wildman–Crippen MR) is 83.0 cm³/mol. The Bertz CT molecular complexity index is 821. The Morgan fingerprint density at radius 3 is 2.36 bits per heavy atom. The molecule has 6 nitrogen and oxygen atoms in total. The van der Waals surface area contributed by atoms with Crippen LogP contribution in [0.2, 0.25) is 0 Å². The number of hydrogen-bond donors (Lipinski definition) is 1. The number of carbonyl (C=O) groups is 2. The number of benzene rings is 1. The number of halogens is 3. The molecule has 0 aliphatic rings. The maximum atomic E-state index is 12.1. The lowest BCUT2D eigenvalue weighted by Gasteiger charge is -2.14. The summed E-state index contributed by atoms with van der Waals surface area (Å²) in [6.07, 6.45) is -5.90. The van der Waals surface area contributed by atoms with Gasteiger partial charge in [0.1, 0.15) is 6.54 Å². The van der Waals surface area contributed by atoms with E-state index in [1.807, 2.05) is 6.92 Å². The number of ether oxygens (including phenoxy) is 1. The van der Waals surface area contributed by atoms with Crippen molar-refractivity contribution in [2.75, 3.05) is 6.54 Å². The van der Waals surface area contributed by atoms with Crippen LogP contribution in [0.5, 0.6) is 0 Å². The first-order valence-corrected chi connectivity index (χ1v) is 7.37. The van der Waals surface area contributed by atoms with E-state index in [0.29, 0.717) is 16.7 Å². The van der Waals surface area contributed by atoms with Crippen LogP contribution in [0.3, 0.4) is 0 Å². The number of hydrogen-bond acceptors (Lipinski definition) is 5. The molecular weight excluding hydrogens is 339 g/mol. The van der Waals surface area contributed by atoms with Gasteiger partial charge >= 0.3 is 12.1 Å². The summed E-state index contributed by atoms with van der Waals surface area (Å²) in [5, 5.41) is 1.66. The Hall–Kier alpha value is -2.71. The van der Waals surface area contributed by atoms with E-state index in [-0.39, 0.29) is 5.56 Å². The van der Waals surface area contributed by atoms with Gasteiger partial charge in [-0.2, -0.15) is 13.2 Å². The number of aryl methyl sites for hydroxylation is 2. The van der Waals surface area contributed by atoms with E-state index in [0.717, 1.165) is 5.69 Å². The van der Waals surface area contributed by atoms with Gasteiger partial charge in [0.25, 0.3) is 5.91 Å². The highest BCUT2D eigenvalue weighted by atomic mass is 19.4. The van der Waals surface area contributed by atoms with Crippen molar-refractivity contribution < 1.29 is 27.5 Å². The smallest absolute Gasteiger partial charge is 0.405 e. The normalized spacial score (nSPS) is 12.7. The fourth-order valence-corrected chi connectivity index (χ4v) is 1.97. The number of nitrogens with one attached hydrogen (secondary N) is 1. The lowest BCUT2D eigenvalue weighted by Crippen LogP contribution is -2.40. The number of aromatic nitrogens is 2. The van der Waals surface area contributed by atoms with Crippen LogP contribution in [-0.2, 0) is 9.53 Å². The lowest BCUT2D eigenvalue weighted by molar-refractivity contribution is -0.143. The molecule has 1 aromatic heterocycles. The Morgan fingerprint density at radius 2 is 1.76 bits per heavy atom. The second-order valence-electron chi connectivity index (χ2n) is 5.48. The van der Waals surface area contributed by atoms with Gasteiger partial charge in [-0.1, -0.05) is 0 Å². The van der Waals surface area contributed by atoms with E-state index in [1.54, 1.807) is 18.3 Å². The summed E-state index contributed by atoms with van der Waals surface area (Å²) in [7, 11) is 0. The molecule has 1 unspecified atom stereocenters. The average Bonchev–Trinajstić information content (AvgIpc) is 2.52. The van der Waals surface area contributed by atoms with Crippen LogP contribution in [0.15, 0.2) is 18.2 Å². The standard InChI is InChI=1S/C16H16F3N3O3/c1-8-9(2)22-13-6-11(4-5-12(13)21-8)15(24)25-10(3)14(23)20-7-16(17,18)19/h4-6,10H,7H2,1-3H3,(H,20,23). The van der Waals surface area contributed by atoms with Crippen molar-refractivity contribution in [3.8, 4) is 0 Å². The SMILES string of the molecule is Cc1nc2ccc(C(=O)OC(C)C(=O)NCC(F)(F)F)cc2nc1C. The Labute approximate surface area is 141 Å². The quantitative estimate of drug-likeness (QED) is 0.852. The van der Waals surface area contributed by atoms with Gasteiger partial charge in [-0.3, -0.25) is 4.79 Å². The van der Waals surface area contributed by atoms with Crippen molar-refractivity contribution in [2.24, 2.45) is 0 Å². The van der Waals surface area contributed by atoms with Gasteiger partial charge in [0, 0.05) is 0 Å². The molecule has 0 saturated heterocycles. The number of nitrogens with zero attached hydrogens (tertiary/aromatic N) is 2. The molecule has 1 atom stereocenters. The minimum Gasteiger partial charge on any atom is -0.449 e. The minimum absolute atomic E-state index is 0.125. The lowest BCUT2D eigenvalue weighted by atomic mass is 10.2. The number of esters is 1. The van der Waals surface area contributed by atoms with E-state index < -0.39 is 30.7 Å². The third-order valence-electron chi connectivity index (χ3n) is 3.43. The zero-order chi connectivity index (χ0) is 18.8. The molecule has 2 rings (SSSR count). The van der Waals surface area contributed by atoms with Crippen LogP contribution in [-0.4, -0.2) is 40.7 Å². The van der Waals surface area contributed by atoms with Crippen molar-refractivity contribution in [3.63, 3.8) is 0 Å². The minimum atomic E-state index is -4.54. The summed E-state index contributed by atoms with van der Waals surface area (Å²) >= 11 is 0. The topological polar surface area (TPSA) is 81.2 Å². The molecular formula is C16H16F3N3O3. The first kappa shape index (κ1) is 18.6. The summed E-state index contributed by atoms with van der Waals surface area (Å²) < 4.78 is 41.1. The van der Waals surface area contributed by atoms with Crippen LogP contribution >= 0.6 is 0 Å². The summed E-state index contributed by atoms with van der Waals surface area (Å²) in [6.45, 7) is 3.29. The van der Waals surface area contributed by atoms with E-state index in [1.165, 1.54) is 19.1 Å². The van der Waals surface area contributed by atoms with Gasteiger partial charge in [0.2, 0.25) is 0 Å². The van der Waals surface area contributed by atoms with Gasteiger partial charge in [0.15, 0.2) is 6.10 Å². The van der Waals surface area contributed by atoms with Gasteiger partial charge in [-0.05, 0) is 39.0 Å². The Morgan fingerprint density at radius 1 is 1.16 bits per heavy atom. The second-order valence-corrected chi connectivity index (χ2v) is 5.48. The predicted octanol–water partition coefficient (Wildman–Crippen LogP) is 2.47. The molecule has 0 radical (unpaired) electrons. The van der Waals surface area contributed by atoms with Crippen molar-refractivity contribution >= 4 is 22.9 Å². The highest BCUT2D eigenvalue weighted by molar-refractivity contribution is 5.95. The van der Waals surface area contributed by atoms with Gasteiger partial charge in [-0.25, -0.2) is 14.8 Å². The van der Waals surface area contributed by atoms with Crippen molar-refractivity contribution in [2.45, 2.75) is 33.1 Å². The Balaban J connectivity index is 2.08. The molecule has 1 N–H and O–H groups in total. The number of fused-ring (bicyclic) bond motifs is 1. The molecule has 0 fully saturated rings. The molecule has 9 heteroatoms. The van der Waals surface area contributed by atoms with Crippen molar-refractivity contribution in [1.82, 2.24) is 15.3 Å². The molecule has 0 spiro atoms. The monoisotopic (exact) mass is 355 g/mol. The fourth-order valence-electron chi connectivity index (χ4n) is 1.97. The second kappa shape index (κ2) is 7.04. The molecule has 0 aliphatic carbocycles. The highest BCUT2D eigenvalue weighted by Gasteiger charge is 2.29. The van der Waals surface area contributed by atoms with E-state index >= 15 is 0 Å². The summed E-state index contributed by atoms with van der Waals surface area (Å²) in [4.78, 5) is 32.3. The van der Waals surface area contributed by atoms with Gasteiger partial charge < -0.3 is 10.1 Å². The molecule has 134 valence electrons. The number of amides is 1. The highest BCUT2D eigenvalue weighted by Crippen LogP contribution is 2.16. The van der Waals surface area contributed by atoms with Crippen LogP contribution in [0.4, 0.5) is 13.2 Å². The molecule has 1 heterocycles. The molecule has 2 aromatic rings. The molecule has 1 aromatic carbocycles. The third kappa shape index (κ3) is 4.88. The van der Waals surface area contributed by atoms with E-state index in [4.69, 9.17) is 4.74 Å². The molecule has 0 saturated carbocycles. The van der Waals surface area contributed by atoms with Crippen molar-refractivity contribution in [3.05, 3.63) is 35.2 Å². The molecule has 0 bridgehead atoms. The summed E-state index contributed by atoms with van der Waals surface area (Å²) in [5.41, 5.74) is 2.67. The number of carbonyl (C=O) groups excluding carboxylic acids is 2. The van der Waals surface area contributed by atoms with E-state index in [9.17, 15) is 22.8 Å². The number of alkyl halides is 3. The maximum absolute atomic E-state index is 12.1. The number of rotatable bonds is 4. The summed E-state index contributed by atoms with van der Waals surface area (Å²) in [5.74, 6) is -1.87. The first-order valence-electron chi connectivity index (χ1n) is 7.37. The third-order valence-corrected chi connectivity index (χ3v) is 3.43. The summed E-state index contributed by atoms with van der Waals surface area (Å²) in [6, 6.07) is 4.49. The zero-order valence-corrected chi connectivity index (χ0v) is 13.8.